The van der Waals surface area contributed by atoms with Crippen LogP contribution in [0.2, 0.25) is 0 Å². The van der Waals surface area contributed by atoms with E-state index in [2.05, 4.69) is 19.2 Å². The van der Waals surface area contributed by atoms with Crippen molar-refractivity contribution in [1.82, 2.24) is 0 Å². The Bertz CT molecular complexity index is 844. The van der Waals surface area contributed by atoms with E-state index in [1.54, 1.807) is 25.1 Å². The lowest BCUT2D eigenvalue weighted by Crippen LogP contribution is -2.21. The molecule has 2 rings (SSSR count). The molecule has 0 spiro atoms. The van der Waals surface area contributed by atoms with Gasteiger partial charge in [0.15, 0.2) is 6.61 Å². The number of esters is 1. The summed E-state index contributed by atoms with van der Waals surface area (Å²) in [6.45, 7) is 5.46. The van der Waals surface area contributed by atoms with Gasteiger partial charge >= 0.3 is 5.97 Å². The van der Waals surface area contributed by atoms with Crippen LogP contribution in [0.5, 0.6) is 0 Å². The molecule has 0 fully saturated rings. The van der Waals surface area contributed by atoms with E-state index >= 15 is 0 Å². The second-order valence-electron chi connectivity index (χ2n) is 6.68. The molecule has 0 bridgehead atoms. The minimum absolute atomic E-state index is 0.130. The van der Waals surface area contributed by atoms with Crippen molar-refractivity contribution in [2.24, 2.45) is 5.92 Å². The molecule has 0 heterocycles. The molecule has 0 radical (unpaired) electrons. The number of non-ortho nitro benzene ring substituents is 1. The fourth-order valence-electron chi connectivity index (χ4n) is 2.51. The Kier molecular flexibility index (Phi) is 6.65. The normalized spacial score (nSPS) is 10.5. The number of carbonyl (C=O) groups excluding carboxylic acids is 2. The first-order valence-corrected chi connectivity index (χ1v) is 8.57. The largest absolute Gasteiger partial charge is 0.452 e. The number of amides is 1. The third kappa shape index (κ3) is 5.91. The van der Waals surface area contributed by atoms with Gasteiger partial charge in [-0.05, 0) is 42.5 Å². The number of carbonyl (C=O) groups is 2. The Morgan fingerprint density at radius 1 is 1.15 bits per heavy atom. The molecule has 0 aromatic heterocycles. The van der Waals surface area contributed by atoms with E-state index in [0.717, 1.165) is 12.0 Å². The Morgan fingerprint density at radius 2 is 1.81 bits per heavy atom. The molecule has 0 saturated carbocycles. The van der Waals surface area contributed by atoms with Gasteiger partial charge in [0.05, 0.1) is 16.2 Å². The smallest absolute Gasteiger partial charge is 0.338 e. The van der Waals surface area contributed by atoms with E-state index in [0.29, 0.717) is 22.7 Å². The number of nitrogens with one attached hydrogen (secondary N) is 1. The summed E-state index contributed by atoms with van der Waals surface area (Å²) in [5.74, 6) is -0.649. The van der Waals surface area contributed by atoms with E-state index in [4.69, 9.17) is 4.74 Å². The van der Waals surface area contributed by atoms with Crippen LogP contribution in [0, 0.1) is 23.0 Å². The average Bonchev–Trinajstić information content (AvgIpc) is 2.61. The highest BCUT2D eigenvalue weighted by molar-refractivity contribution is 5.96. The zero-order valence-corrected chi connectivity index (χ0v) is 15.5. The topological polar surface area (TPSA) is 98.5 Å². The maximum Gasteiger partial charge on any atom is 0.338 e. The molecule has 2 aromatic rings. The molecular formula is C20H22N2O5. The van der Waals surface area contributed by atoms with Gasteiger partial charge in [0.2, 0.25) is 0 Å². The summed E-state index contributed by atoms with van der Waals surface area (Å²) in [4.78, 5) is 34.3. The van der Waals surface area contributed by atoms with Crippen molar-refractivity contribution in [2.75, 3.05) is 11.9 Å². The third-order valence-corrected chi connectivity index (χ3v) is 3.87. The van der Waals surface area contributed by atoms with Crippen molar-refractivity contribution in [1.29, 1.82) is 0 Å². The summed E-state index contributed by atoms with van der Waals surface area (Å²) in [5, 5.41) is 13.4. The summed E-state index contributed by atoms with van der Waals surface area (Å²) in [7, 11) is 0. The number of hydrogen-bond acceptors (Lipinski definition) is 5. The van der Waals surface area contributed by atoms with Crippen LogP contribution in [0.15, 0.2) is 42.5 Å². The maximum absolute atomic E-state index is 12.1. The molecule has 1 N–H and O–H groups in total. The van der Waals surface area contributed by atoms with Crippen LogP contribution in [0.25, 0.3) is 0 Å². The predicted molar refractivity (Wildman–Crippen MR) is 102 cm³/mol. The second-order valence-corrected chi connectivity index (χ2v) is 6.68. The molecule has 1 amide bonds. The molecule has 142 valence electrons. The first kappa shape index (κ1) is 20.1. The van der Waals surface area contributed by atoms with Gasteiger partial charge < -0.3 is 10.1 Å². The molecule has 7 heteroatoms. The quantitative estimate of drug-likeness (QED) is 0.453. The van der Waals surface area contributed by atoms with Gasteiger partial charge in [-0.25, -0.2) is 4.79 Å². The second kappa shape index (κ2) is 8.93. The van der Waals surface area contributed by atoms with E-state index in [1.165, 1.54) is 12.1 Å². The fraction of sp³-hybridized carbons (Fsp3) is 0.300. The molecule has 0 aliphatic heterocycles. The number of aryl methyl sites for hydroxylation is 1. The lowest BCUT2D eigenvalue weighted by molar-refractivity contribution is -0.384. The van der Waals surface area contributed by atoms with Crippen LogP contribution in [-0.4, -0.2) is 23.4 Å². The predicted octanol–water partition coefficient (Wildman–Crippen LogP) is 3.90. The standard InChI is InChI=1S/C20H22N2O5/c1-13(2)10-15-5-7-16(8-6-15)20(24)27-12-19(23)21-18-11-17(22(25)26)9-4-14(18)3/h4-9,11,13H,10,12H2,1-3H3,(H,21,23). The molecule has 7 nitrogen and oxygen atoms in total. The summed E-state index contributed by atoms with van der Waals surface area (Å²) < 4.78 is 5.02. The van der Waals surface area contributed by atoms with Gasteiger partial charge in [0.1, 0.15) is 0 Å². The third-order valence-electron chi connectivity index (χ3n) is 3.87. The van der Waals surface area contributed by atoms with Crippen molar-refractivity contribution < 1.29 is 19.2 Å². The van der Waals surface area contributed by atoms with Gasteiger partial charge in [-0.1, -0.05) is 32.0 Å². The van der Waals surface area contributed by atoms with E-state index in [-0.39, 0.29) is 5.69 Å². The lowest BCUT2D eigenvalue weighted by atomic mass is 10.0. The van der Waals surface area contributed by atoms with E-state index in [9.17, 15) is 19.7 Å². The van der Waals surface area contributed by atoms with Crippen LogP contribution in [0.3, 0.4) is 0 Å². The Labute approximate surface area is 157 Å². The monoisotopic (exact) mass is 370 g/mol. The van der Waals surface area contributed by atoms with Gasteiger partial charge in [0, 0.05) is 12.1 Å². The number of benzene rings is 2. The summed E-state index contributed by atoms with van der Waals surface area (Å²) in [6.07, 6.45) is 0.917. The van der Waals surface area contributed by atoms with Gasteiger partial charge in [0.25, 0.3) is 11.6 Å². The zero-order chi connectivity index (χ0) is 20.0. The molecule has 0 atom stereocenters. The number of nitro benzene ring substituents is 1. The number of nitrogens with zero attached hydrogens (tertiary/aromatic N) is 1. The maximum atomic E-state index is 12.1. The molecule has 2 aromatic carbocycles. The minimum Gasteiger partial charge on any atom is -0.452 e. The van der Waals surface area contributed by atoms with E-state index in [1.807, 2.05) is 12.1 Å². The highest BCUT2D eigenvalue weighted by Crippen LogP contribution is 2.21. The summed E-state index contributed by atoms with van der Waals surface area (Å²) in [6, 6.07) is 11.2. The number of rotatable bonds is 7. The number of ether oxygens (including phenoxy) is 1. The lowest BCUT2D eigenvalue weighted by Gasteiger charge is -2.09. The minimum atomic E-state index is -0.600. The van der Waals surface area contributed by atoms with Crippen LogP contribution in [-0.2, 0) is 16.0 Å². The SMILES string of the molecule is Cc1ccc([N+](=O)[O-])cc1NC(=O)COC(=O)c1ccc(CC(C)C)cc1. The van der Waals surface area contributed by atoms with Crippen LogP contribution >= 0.6 is 0 Å². The summed E-state index contributed by atoms with van der Waals surface area (Å²) >= 11 is 0. The number of nitro groups is 1. The molecule has 0 aliphatic carbocycles. The first-order chi connectivity index (χ1) is 12.8. The number of hydrogen-bond donors (Lipinski definition) is 1. The Hall–Kier alpha value is -3.22. The van der Waals surface area contributed by atoms with E-state index < -0.39 is 23.4 Å². The van der Waals surface area contributed by atoms with Crippen LogP contribution in [0.1, 0.15) is 35.3 Å². The summed E-state index contributed by atoms with van der Waals surface area (Å²) in [5.41, 5.74) is 2.33. The molecule has 27 heavy (non-hydrogen) atoms. The highest BCUT2D eigenvalue weighted by atomic mass is 16.6. The van der Waals surface area contributed by atoms with Gasteiger partial charge in [-0.3, -0.25) is 14.9 Å². The Balaban J connectivity index is 1.92. The molecule has 0 saturated heterocycles. The highest BCUT2D eigenvalue weighted by Gasteiger charge is 2.14. The average molecular weight is 370 g/mol. The fourth-order valence-corrected chi connectivity index (χ4v) is 2.51. The Morgan fingerprint density at radius 3 is 2.41 bits per heavy atom. The molecule has 0 aliphatic rings. The van der Waals surface area contributed by atoms with Crippen LogP contribution < -0.4 is 5.32 Å². The molecular weight excluding hydrogens is 348 g/mol. The molecule has 0 unspecified atom stereocenters. The van der Waals surface area contributed by atoms with Crippen molar-refractivity contribution in [2.45, 2.75) is 27.2 Å². The van der Waals surface area contributed by atoms with Gasteiger partial charge in [-0.15, -0.1) is 0 Å². The van der Waals surface area contributed by atoms with Crippen molar-refractivity contribution in [3.8, 4) is 0 Å². The number of anilines is 1. The first-order valence-electron chi connectivity index (χ1n) is 8.57. The van der Waals surface area contributed by atoms with Gasteiger partial charge in [-0.2, -0.15) is 0 Å². The van der Waals surface area contributed by atoms with Crippen molar-refractivity contribution in [3.63, 3.8) is 0 Å². The zero-order valence-electron chi connectivity index (χ0n) is 15.5. The van der Waals surface area contributed by atoms with Crippen LogP contribution in [0.4, 0.5) is 11.4 Å². The van der Waals surface area contributed by atoms with Crippen molar-refractivity contribution >= 4 is 23.3 Å². The van der Waals surface area contributed by atoms with Crippen molar-refractivity contribution in [3.05, 3.63) is 69.3 Å².